The summed E-state index contributed by atoms with van der Waals surface area (Å²) >= 11 is 4.84. The van der Waals surface area contributed by atoms with Gasteiger partial charge in [0.1, 0.15) is 0 Å². The van der Waals surface area contributed by atoms with Gasteiger partial charge in [-0.3, -0.25) is 4.79 Å². The zero-order valence-electron chi connectivity index (χ0n) is 14.3. The number of hydrogen-bond acceptors (Lipinski definition) is 4. The Kier molecular flexibility index (Phi) is 10.6. The van der Waals surface area contributed by atoms with Crippen LogP contribution in [-0.4, -0.2) is 79.5 Å². The number of carbonyl (C=O) groups is 1. The molecule has 0 atom stereocenters. The lowest BCUT2D eigenvalue weighted by atomic mass is 10.2. The summed E-state index contributed by atoms with van der Waals surface area (Å²) in [5.41, 5.74) is 5.47. The van der Waals surface area contributed by atoms with Crippen molar-refractivity contribution in [1.82, 2.24) is 14.7 Å². The van der Waals surface area contributed by atoms with Gasteiger partial charge in [-0.2, -0.15) is 0 Å². The van der Waals surface area contributed by atoms with Gasteiger partial charge in [-0.25, -0.2) is 0 Å². The van der Waals surface area contributed by atoms with Crippen LogP contribution in [0.3, 0.4) is 0 Å². The van der Waals surface area contributed by atoms with Crippen molar-refractivity contribution in [3.63, 3.8) is 0 Å². The summed E-state index contributed by atoms with van der Waals surface area (Å²) in [5, 5.41) is 0. The summed E-state index contributed by atoms with van der Waals surface area (Å²) in [5.74, 6) is 0.763. The van der Waals surface area contributed by atoms with Crippen molar-refractivity contribution < 1.29 is 4.79 Å². The largest absolute Gasteiger partial charge is 0.393 e. The van der Waals surface area contributed by atoms with Crippen molar-refractivity contribution in [3.8, 4) is 0 Å². The second kappa shape index (κ2) is 10.9. The van der Waals surface area contributed by atoms with Gasteiger partial charge >= 0.3 is 0 Å². The molecule has 0 saturated carbocycles. The first-order chi connectivity index (χ1) is 9.72. The molecule has 21 heavy (non-hydrogen) atoms. The molecule has 0 aliphatic heterocycles. The molecule has 0 aliphatic rings. The maximum Gasteiger partial charge on any atom is 0.223 e. The van der Waals surface area contributed by atoms with Crippen LogP contribution < -0.4 is 5.73 Å². The number of nitrogens with zero attached hydrogens (tertiary/aromatic N) is 3. The van der Waals surface area contributed by atoms with Gasteiger partial charge in [-0.15, -0.1) is 0 Å². The van der Waals surface area contributed by atoms with E-state index in [0.717, 1.165) is 26.2 Å². The molecular formula is C15H32N4OS. The van der Waals surface area contributed by atoms with E-state index >= 15 is 0 Å². The van der Waals surface area contributed by atoms with E-state index in [4.69, 9.17) is 18.0 Å². The molecule has 2 N–H and O–H groups in total. The second-order valence-corrected chi connectivity index (χ2v) is 6.80. The zero-order chi connectivity index (χ0) is 16.4. The Bertz CT molecular complexity index is 321. The van der Waals surface area contributed by atoms with Gasteiger partial charge in [0, 0.05) is 52.6 Å². The highest BCUT2D eigenvalue weighted by atomic mass is 32.1. The van der Waals surface area contributed by atoms with E-state index in [1.807, 2.05) is 7.05 Å². The standard InChI is InChI=1S/C15H32N4OS/c1-13(2)12-19(11-10-17(3)4)9-7-15(20)18(5)8-6-14(16)21/h13H,6-12H2,1-5H3,(H2,16,21). The molecule has 0 unspecified atom stereocenters. The topological polar surface area (TPSA) is 52.8 Å². The lowest BCUT2D eigenvalue weighted by molar-refractivity contribution is -0.130. The minimum absolute atomic E-state index is 0.157. The molecule has 0 spiro atoms. The van der Waals surface area contributed by atoms with E-state index in [-0.39, 0.29) is 5.91 Å². The molecule has 0 heterocycles. The van der Waals surface area contributed by atoms with Gasteiger partial charge in [-0.05, 0) is 20.0 Å². The third-order valence-electron chi connectivity index (χ3n) is 3.25. The summed E-state index contributed by atoms with van der Waals surface area (Å²) in [6.07, 6.45) is 1.14. The van der Waals surface area contributed by atoms with Crippen LogP contribution in [0.15, 0.2) is 0 Å². The molecule has 124 valence electrons. The number of likely N-dealkylation sites (N-methyl/N-ethyl adjacent to an activating group) is 1. The molecule has 0 saturated heterocycles. The third-order valence-corrected chi connectivity index (χ3v) is 3.45. The van der Waals surface area contributed by atoms with Crippen LogP contribution >= 0.6 is 12.2 Å². The Morgan fingerprint density at radius 1 is 1.05 bits per heavy atom. The van der Waals surface area contributed by atoms with Crippen LogP contribution in [0.4, 0.5) is 0 Å². The second-order valence-electron chi connectivity index (χ2n) is 6.28. The van der Waals surface area contributed by atoms with Crippen molar-refractivity contribution in [2.24, 2.45) is 11.7 Å². The van der Waals surface area contributed by atoms with E-state index in [1.165, 1.54) is 0 Å². The number of nitrogens with two attached hydrogens (primary N) is 1. The maximum absolute atomic E-state index is 12.1. The molecule has 0 radical (unpaired) electrons. The molecule has 5 nitrogen and oxygen atoms in total. The number of thiocarbonyl (C=S) groups is 1. The molecule has 0 aromatic rings. The van der Waals surface area contributed by atoms with Crippen LogP contribution in [0.5, 0.6) is 0 Å². The SMILES string of the molecule is CC(C)CN(CCC(=O)N(C)CCC(N)=S)CCN(C)C. The van der Waals surface area contributed by atoms with Crippen molar-refractivity contribution >= 4 is 23.1 Å². The molecule has 0 bridgehead atoms. The predicted octanol–water partition coefficient (Wildman–Crippen LogP) is 1.03. The quantitative estimate of drug-likeness (QED) is 0.577. The van der Waals surface area contributed by atoms with Gasteiger partial charge in [0.05, 0.1) is 4.99 Å². The highest BCUT2D eigenvalue weighted by molar-refractivity contribution is 7.80. The van der Waals surface area contributed by atoms with E-state index in [9.17, 15) is 4.79 Å². The minimum atomic E-state index is 0.157. The maximum atomic E-state index is 12.1. The molecule has 1 amide bonds. The van der Waals surface area contributed by atoms with Crippen LogP contribution in [0.2, 0.25) is 0 Å². The molecule has 0 aromatic carbocycles. The van der Waals surface area contributed by atoms with Crippen molar-refractivity contribution in [2.75, 3.05) is 53.9 Å². The predicted molar refractivity (Wildman–Crippen MR) is 93.5 cm³/mol. The number of hydrogen-bond donors (Lipinski definition) is 1. The normalized spacial score (nSPS) is 11.4. The van der Waals surface area contributed by atoms with Crippen LogP contribution in [0, 0.1) is 5.92 Å². The van der Waals surface area contributed by atoms with Crippen molar-refractivity contribution in [2.45, 2.75) is 26.7 Å². The Morgan fingerprint density at radius 2 is 1.67 bits per heavy atom. The summed E-state index contributed by atoms with van der Waals surface area (Å²) in [7, 11) is 5.96. The fourth-order valence-electron chi connectivity index (χ4n) is 2.00. The summed E-state index contributed by atoms with van der Waals surface area (Å²) in [6, 6.07) is 0. The van der Waals surface area contributed by atoms with E-state index in [0.29, 0.717) is 30.3 Å². The van der Waals surface area contributed by atoms with Crippen LogP contribution in [-0.2, 0) is 4.79 Å². The molecule has 0 aromatic heterocycles. The van der Waals surface area contributed by atoms with E-state index in [1.54, 1.807) is 4.90 Å². The van der Waals surface area contributed by atoms with Gasteiger partial charge in [-0.1, -0.05) is 26.1 Å². The summed E-state index contributed by atoms with van der Waals surface area (Å²) in [6.45, 7) is 8.86. The van der Waals surface area contributed by atoms with Gasteiger partial charge in [0.2, 0.25) is 5.91 Å². The molecular weight excluding hydrogens is 284 g/mol. The number of rotatable bonds is 11. The van der Waals surface area contributed by atoms with Crippen LogP contribution in [0.25, 0.3) is 0 Å². The smallest absolute Gasteiger partial charge is 0.223 e. The minimum Gasteiger partial charge on any atom is -0.393 e. The Hall–Kier alpha value is -0.720. The Morgan fingerprint density at radius 3 is 2.14 bits per heavy atom. The van der Waals surface area contributed by atoms with Gasteiger partial charge in [0.25, 0.3) is 0 Å². The molecule has 0 aliphatic carbocycles. The first kappa shape index (κ1) is 20.3. The first-order valence-corrected chi connectivity index (χ1v) is 8.02. The Balaban J connectivity index is 4.19. The molecule has 0 fully saturated rings. The highest BCUT2D eigenvalue weighted by Crippen LogP contribution is 2.02. The summed E-state index contributed by atoms with van der Waals surface area (Å²) in [4.78, 5) is 18.8. The lowest BCUT2D eigenvalue weighted by Gasteiger charge is -2.26. The van der Waals surface area contributed by atoms with Gasteiger partial charge < -0.3 is 20.4 Å². The number of amides is 1. The fraction of sp³-hybridized carbons (Fsp3) is 0.867. The molecule has 6 heteroatoms. The molecule has 0 rings (SSSR count). The third kappa shape index (κ3) is 11.6. The average Bonchev–Trinajstić information content (AvgIpc) is 2.37. The first-order valence-electron chi connectivity index (χ1n) is 7.61. The summed E-state index contributed by atoms with van der Waals surface area (Å²) < 4.78 is 0. The van der Waals surface area contributed by atoms with Crippen LogP contribution in [0.1, 0.15) is 26.7 Å². The average molecular weight is 317 g/mol. The zero-order valence-corrected chi connectivity index (χ0v) is 15.1. The van der Waals surface area contributed by atoms with Gasteiger partial charge in [0.15, 0.2) is 0 Å². The van der Waals surface area contributed by atoms with Crippen molar-refractivity contribution in [1.29, 1.82) is 0 Å². The van der Waals surface area contributed by atoms with E-state index < -0.39 is 0 Å². The van der Waals surface area contributed by atoms with Crippen molar-refractivity contribution in [3.05, 3.63) is 0 Å². The number of carbonyl (C=O) groups excluding carboxylic acids is 1. The van der Waals surface area contributed by atoms with E-state index in [2.05, 4.69) is 37.7 Å². The monoisotopic (exact) mass is 316 g/mol. The fourth-order valence-corrected chi connectivity index (χ4v) is 2.09. The lowest BCUT2D eigenvalue weighted by Crippen LogP contribution is -2.38. The Labute approximate surface area is 135 Å². The highest BCUT2D eigenvalue weighted by Gasteiger charge is 2.13.